The number of carbonyl (C=O) groups is 2. The quantitative estimate of drug-likeness (QED) is 0.653. The van der Waals surface area contributed by atoms with Crippen LogP contribution in [-0.4, -0.2) is 39.3 Å². The Morgan fingerprint density at radius 3 is 2.74 bits per heavy atom. The Bertz CT molecular complexity index is 1070. The molecule has 4 rings (SSSR count). The predicted octanol–water partition coefficient (Wildman–Crippen LogP) is 4.09. The number of nitrogens with zero attached hydrogens (tertiary/aromatic N) is 2. The highest BCUT2D eigenvalue weighted by atomic mass is 19.1. The molecule has 0 spiro atoms. The highest BCUT2D eigenvalue weighted by molar-refractivity contribution is 5.97. The highest BCUT2D eigenvalue weighted by Crippen LogP contribution is 2.31. The van der Waals surface area contributed by atoms with Crippen molar-refractivity contribution in [3.8, 4) is 11.3 Å². The third kappa shape index (κ3) is 4.66. The molecule has 3 aromatic rings. The summed E-state index contributed by atoms with van der Waals surface area (Å²) in [6.07, 6.45) is 4.33. The molecule has 0 bridgehead atoms. The lowest BCUT2D eigenvalue weighted by Gasteiger charge is -2.36. The lowest BCUT2D eigenvalue weighted by Crippen LogP contribution is -2.49. The highest BCUT2D eigenvalue weighted by Gasteiger charge is 2.33. The van der Waals surface area contributed by atoms with Crippen molar-refractivity contribution in [2.24, 2.45) is 0 Å². The molecule has 1 aliphatic rings. The third-order valence-electron chi connectivity index (χ3n) is 5.59. The van der Waals surface area contributed by atoms with Crippen molar-refractivity contribution in [1.82, 2.24) is 20.2 Å². The van der Waals surface area contributed by atoms with Crippen molar-refractivity contribution in [3.05, 3.63) is 78.0 Å². The molecule has 2 N–H and O–H groups in total. The Morgan fingerprint density at radius 2 is 1.97 bits per heavy atom. The minimum atomic E-state index is -0.661. The number of hydrogen-bond acceptors (Lipinski definition) is 3. The molecule has 2 unspecified atom stereocenters. The number of benzene rings is 2. The van der Waals surface area contributed by atoms with E-state index in [1.165, 1.54) is 12.1 Å². The number of imidazole rings is 1. The molecule has 0 aliphatic carbocycles. The van der Waals surface area contributed by atoms with Crippen LogP contribution in [0.1, 0.15) is 48.4 Å². The molecule has 0 saturated carbocycles. The molecule has 2 aromatic carbocycles. The Labute approximate surface area is 180 Å². The number of amides is 2. The predicted molar refractivity (Wildman–Crippen MR) is 116 cm³/mol. The van der Waals surface area contributed by atoms with Gasteiger partial charge in [-0.15, -0.1) is 0 Å². The van der Waals surface area contributed by atoms with Gasteiger partial charge in [0.1, 0.15) is 17.7 Å². The van der Waals surface area contributed by atoms with Crippen molar-refractivity contribution in [1.29, 1.82) is 0 Å². The zero-order valence-corrected chi connectivity index (χ0v) is 17.3. The van der Waals surface area contributed by atoms with E-state index in [0.29, 0.717) is 29.2 Å². The maximum absolute atomic E-state index is 13.6. The SMILES string of the molecule is CC(NC(=O)c1ccccc1)C(=O)N1CCCCC1c1ncc(-c2cccc(F)c2)[nH]1. The van der Waals surface area contributed by atoms with E-state index >= 15 is 0 Å². The van der Waals surface area contributed by atoms with Crippen LogP contribution in [0.2, 0.25) is 0 Å². The summed E-state index contributed by atoms with van der Waals surface area (Å²) < 4.78 is 13.6. The second-order valence-corrected chi connectivity index (χ2v) is 7.80. The van der Waals surface area contributed by atoms with Crippen molar-refractivity contribution in [2.45, 2.75) is 38.3 Å². The standard InChI is InChI=1S/C24H25FN4O2/c1-16(27-23(30)17-8-3-2-4-9-17)24(31)29-13-6-5-12-21(29)22-26-15-20(28-22)18-10-7-11-19(25)14-18/h2-4,7-11,14-16,21H,5-6,12-13H2,1H3,(H,26,28)(H,27,30). The zero-order valence-electron chi connectivity index (χ0n) is 17.3. The second-order valence-electron chi connectivity index (χ2n) is 7.80. The Kier molecular flexibility index (Phi) is 6.11. The van der Waals surface area contributed by atoms with Crippen molar-refractivity contribution >= 4 is 11.8 Å². The van der Waals surface area contributed by atoms with Crippen LogP contribution in [0, 0.1) is 5.82 Å². The number of halogens is 1. The van der Waals surface area contributed by atoms with E-state index in [0.717, 1.165) is 19.3 Å². The maximum Gasteiger partial charge on any atom is 0.251 e. The van der Waals surface area contributed by atoms with Gasteiger partial charge < -0.3 is 15.2 Å². The number of likely N-dealkylation sites (tertiary alicyclic amines) is 1. The summed E-state index contributed by atoms with van der Waals surface area (Å²) in [4.78, 5) is 35.2. The van der Waals surface area contributed by atoms with Gasteiger partial charge in [0.25, 0.3) is 5.91 Å². The Balaban J connectivity index is 1.49. The van der Waals surface area contributed by atoms with Crippen LogP contribution < -0.4 is 5.32 Å². The number of hydrogen-bond donors (Lipinski definition) is 2. The van der Waals surface area contributed by atoms with E-state index in [1.54, 1.807) is 48.4 Å². The lowest BCUT2D eigenvalue weighted by molar-refractivity contribution is -0.136. The van der Waals surface area contributed by atoms with Gasteiger partial charge >= 0.3 is 0 Å². The fourth-order valence-corrected chi connectivity index (χ4v) is 3.97. The van der Waals surface area contributed by atoms with Gasteiger partial charge in [0, 0.05) is 17.7 Å². The maximum atomic E-state index is 13.6. The molecule has 1 saturated heterocycles. The van der Waals surface area contributed by atoms with E-state index < -0.39 is 6.04 Å². The fourth-order valence-electron chi connectivity index (χ4n) is 3.97. The van der Waals surface area contributed by atoms with Crippen LogP contribution in [0.15, 0.2) is 60.8 Å². The first-order chi connectivity index (χ1) is 15.0. The summed E-state index contributed by atoms with van der Waals surface area (Å²) in [5, 5.41) is 2.80. The van der Waals surface area contributed by atoms with E-state index in [4.69, 9.17) is 0 Å². The molecule has 7 heteroatoms. The van der Waals surface area contributed by atoms with Crippen LogP contribution in [0.5, 0.6) is 0 Å². The van der Waals surface area contributed by atoms with Gasteiger partial charge in [-0.3, -0.25) is 9.59 Å². The number of carbonyl (C=O) groups excluding carboxylic acids is 2. The molecular formula is C24H25FN4O2. The van der Waals surface area contributed by atoms with E-state index in [9.17, 15) is 14.0 Å². The number of H-pyrrole nitrogens is 1. The van der Waals surface area contributed by atoms with Crippen LogP contribution in [0.25, 0.3) is 11.3 Å². The largest absolute Gasteiger partial charge is 0.341 e. The van der Waals surface area contributed by atoms with Crippen molar-refractivity contribution < 1.29 is 14.0 Å². The smallest absolute Gasteiger partial charge is 0.251 e. The van der Waals surface area contributed by atoms with E-state index in [1.807, 2.05) is 12.1 Å². The summed E-state index contributed by atoms with van der Waals surface area (Å²) in [6.45, 7) is 2.31. The minimum Gasteiger partial charge on any atom is -0.341 e. The molecule has 2 amide bonds. The van der Waals surface area contributed by atoms with Crippen molar-refractivity contribution in [3.63, 3.8) is 0 Å². The monoisotopic (exact) mass is 420 g/mol. The first-order valence-electron chi connectivity index (χ1n) is 10.5. The summed E-state index contributed by atoms with van der Waals surface area (Å²) in [6, 6.07) is 14.3. The van der Waals surface area contributed by atoms with Gasteiger partial charge in [-0.1, -0.05) is 30.3 Å². The first-order valence-corrected chi connectivity index (χ1v) is 10.5. The molecule has 2 heterocycles. The topological polar surface area (TPSA) is 78.1 Å². The third-order valence-corrected chi connectivity index (χ3v) is 5.59. The number of rotatable bonds is 5. The molecule has 160 valence electrons. The molecule has 1 fully saturated rings. The van der Waals surface area contributed by atoms with Gasteiger partial charge in [0.15, 0.2) is 0 Å². The van der Waals surface area contributed by atoms with Gasteiger partial charge in [-0.25, -0.2) is 9.37 Å². The van der Waals surface area contributed by atoms with Crippen LogP contribution in [0.4, 0.5) is 4.39 Å². The van der Waals surface area contributed by atoms with E-state index in [-0.39, 0.29) is 23.7 Å². The van der Waals surface area contributed by atoms with Crippen LogP contribution in [0.3, 0.4) is 0 Å². The summed E-state index contributed by atoms with van der Waals surface area (Å²) >= 11 is 0. The summed E-state index contributed by atoms with van der Waals surface area (Å²) in [5.41, 5.74) is 1.93. The molecular weight excluding hydrogens is 395 g/mol. The van der Waals surface area contributed by atoms with E-state index in [2.05, 4.69) is 15.3 Å². The zero-order chi connectivity index (χ0) is 21.8. The average Bonchev–Trinajstić information content (AvgIpc) is 3.29. The molecule has 6 nitrogen and oxygen atoms in total. The van der Waals surface area contributed by atoms with Crippen molar-refractivity contribution in [2.75, 3.05) is 6.54 Å². The van der Waals surface area contributed by atoms with Gasteiger partial charge in [0.2, 0.25) is 5.91 Å². The first kappa shape index (κ1) is 20.8. The normalized spacial score (nSPS) is 17.2. The average molecular weight is 420 g/mol. The minimum absolute atomic E-state index is 0.141. The number of nitrogens with one attached hydrogen (secondary N) is 2. The van der Waals surface area contributed by atoms with Crippen LogP contribution in [-0.2, 0) is 4.79 Å². The number of aromatic nitrogens is 2. The van der Waals surface area contributed by atoms with Crippen LogP contribution >= 0.6 is 0 Å². The summed E-state index contributed by atoms with van der Waals surface area (Å²) in [5.74, 6) is -0.0564. The van der Waals surface area contributed by atoms with Gasteiger partial charge in [-0.2, -0.15) is 0 Å². The molecule has 31 heavy (non-hydrogen) atoms. The molecule has 2 atom stereocenters. The Morgan fingerprint density at radius 1 is 1.16 bits per heavy atom. The molecule has 0 radical (unpaired) electrons. The molecule has 1 aliphatic heterocycles. The lowest BCUT2D eigenvalue weighted by atomic mass is 10.0. The van der Waals surface area contributed by atoms with Gasteiger partial charge in [0.05, 0.1) is 17.9 Å². The number of aromatic amines is 1. The summed E-state index contributed by atoms with van der Waals surface area (Å²) in [7, 11) is 0. The Hall–Kier alpha value is -3.48. The van der Waals surface area contributed by atoms with Gasteiger partial charge in [-0.05, 0) is 50.5 Å². The molecule has 1 aromatic heterocycles. The fraction of sp³-hybridized carbons (Fsp3) is 0.292. The second kappa shape index (κ2) is 9.12. The number of piperidine rings is 1.